The minimum Gasteiger partial charge on any atom is -0.360 e. The van der Waals surface area contributed by atoms with Crippen LogP contribution in [0.15, 0.2) is 35.1 Å². The van der Waals surface area contributed by atoms with Crippen molar-refractivity contribution in [3.63, 3.8) is 0 Å². The Bertz CT molecular complexity index is 676. The molecule has 6 nitrogen and oxygen atoms in total. The number of carbonyl (C=O) groups is 1. The lowest BCUT2D eigenvalue weighted by molar-refractivity contribution is 0.0902. The second-order valence-corrected chi connectivity index (χ2v) is 6.96. The van der Waals surface area contributed by atoms with E-state index in [-0.39, 0.29) is 17.9 Å². The predicted molar refractivity (Wildman–Crippen MR) is 95.5 cm³/mol. The molecule has 1 aliphatic rings. The number of aromatic nitrogens is 2. The number of piperidine rings is 1. The molecule has 0 bridgehead atoms. The Kier molecular flexibility index (Phi) is 5.81. The molecule has 1 saturated heterocycles. The lowest BCUT2D eigenvalue weighted by Crippen LogP contribution is -2.45. The van der Waals surface area contributed by atoms with Gasteiger partial charge in [-0.2, -0.15) is 0 Å². The minimum atomic E-state index is -0.133. The van der Waals surface area contributed by atoms with Crippen LogP contribution in [0.5, 0.6) is 0 Å². The summed E-state index contributed by atoms with van der Waals surface area (Å²) in [4.78, 5) is 18.8. The van der Waals surface area contributed by atoms with Crippen LogP contribution in [0.2, 0.25) is 0 Å². The summed E-state index contributed by atoms with van der Waals surface area (Å²) in [5, 5.41) is 6.96. The molecule has 1 amide bonds. The van der Waals surface area contributed by atoms with Gasteiger partial charge in [0.2, 0.25) is 0 Å². The van der Waals surface area contributed by atoms with Crippen LogP contribution in [0.4, 0.5) is 0 Å². The number of amides is 1. The van der Waals surface area contributed by atoms with Crippen molar-refractivity contribution < 1.29 is 9.32 Å². The zero-order chi connectivity index (χ0) is 17.6. The van der Waals surface area contributed by atoms with Crippen molar-refractivity contribution in [2.45, 2.75) is 45.1 Å². The van der Waals surface area contributed by atoms with Gasteiger partial charge in [0.1, 0.15) is 5.76 Å². The first-order chi connectivity index (χ1) is 12.1. The van der Waals surface area contributed by atoms with Crippen LogP contribution in [-0.2, 0) is 6.42 Å². The van der Waals surface area contributed by atoms with Gasteiger partial charge in [-0.25, -0.2) is 0 Å². The number of nitrogens with zero attached hydrogens (tertiary/aromatic N) is 3. The van der Waals surface area contributed by atoms with Crippen LogP contribution in [-0.4, -0.2) is 46.6 Å². The number of likely N-dealkylation sites (tertiary alicyclic amines) is 1. The molecule has 0 saturated carbocycles. The van der Waals surface area contributed by atoms with E-state index in [4.69, 9.17) is 4.52 Å². The smallest absolute Gasteiger partial charge is 0.273 e. The highest BCUT2D eigenvalue weighted by Crippen LogP contribution is 2.16. The van der Waals surface area contributed by atoms with Gasteiger partial charge in [-0.05, 0) is 37.0 Å². The Morgan fingerprint density at radius 3 is 2.68 bits per heavy atom. The van der Waals surface area contributed by atoms with Crippen LogP contribution in [0, 0.1) is 0 Å². The third-order valence-electron chi connectivity index (χ3n) is 4.72. The lowest BCUT2D eigenvalue weighted by Gasteiger charge is -2.32. The maximum atomic E-state index is 12.3. The molecule has 1 aliphatic heterocycles. The van der Waals surface area contributed by atoms with E-state index in [1.807, 2.05) is 26.2 Å². The first kappa shape index (κ1) is 17.6. The van der Waals surface area contributed by atoms with Crippen molar-refractivity contribution in [3.05, 3.63) is 47.6 Å². The molecule has 134 valence electrons. The van der Waals surface area contributed by atoms with Crippen LogP contribution in [0.3, 0.4) is 0 Å². The number of nitrogens with one attached hydrogen (secondary N) is 1. The van der Waals surface area contributed by atoms with Gasteiger partial charge in [-0.15, -0.1) is 0 Å². The van der Waals surface area contributed by atoms with E-state index >= 15 is 0 Å². The van der Waals surface area contributed by atoms with Crippen molar-refractivity contribution in [2.75, 3.05) is 19.6 Å². The van der Waals surface area contributed by atoms with E-state index in [1.54, 1.807) is 6.07 Å². The Labute approximate surface area is 148 Å². The van der Waals surface area contributed by atoms with Gasteiger partial charge in [-0.1, -0.05) is 19.0 Å². The number of hydrogen-bond donors (Lipinski definition) is 1. The average molecular weight is 342 g/mol. The Balaban J connectivity index is 1.42. The van der Waals surface area contributed by atoms with Gasteiger partial charge in [0.05, 0.1) is 0 Å². The summed E-state index contributed by atoms with van der Waals surface area (Å²) in [5.74, 6) is 0.847. The van der Waals surface area contributed by atoms with Gasteiger partial charge < -0.3 is 14.7 Å². The third kappa shape index (κ3) is 4.89. The summed E-state index contributed by atoms with van der Waals surface area (Å²) in [7, 11) is 0. The lowest BCUT2D eigenvalue weighted by atomic mass is 10.0. The monoisotopic (exact) mass is 342 g/mol. The zero-order valence-corrected chi connectivity index (χ0v) is 14.9. The van der Waals surface area contributed by atoms with E-state index in [0.29, 0.717) is 5.69 Å². The second-order valence-electron chi connectivity index (χ2n) is 6.96. The Hall–Kier alpha value is -2.21. The normalized spacial score (nSPS) is 16.3. The third-order valence-corrected chi connectivity index (χ3v) is 4.72. The molecular weight excluding hydrogens is 316 g/mol. The molecule has 0 aliphatic carbocycles. The summed E-state index contributed by atoms with van der Waals surface area (Å²) in [5.41, 5.74) is 1.70. The summed E-state index contributed by atoms with van der Waals surface area (Å²) in [6.45, 7) is 7.09. The van der Waals surface area contributed by atoms with Crippen molar-refractivity contribution >= 4 is 5.91 Å². The summed E-state index contributed by atoms with van der Waals surface area (Å²) >= 11 is 0. The topological polar surface area (TPSA) is 71.3 Å². The number of hydrogen-bond acceptors (Lipinski definition) is 5. The van der Waals surface area contributed by atoms with E-state index in [1.165, 1.54) is 5.56 Å². The summed E-state index contributed by atoms with van der Waals surface area (Å²) in [6.07, 6.45) is 6.65. The van der Waals surface area contributed by atoms with Crippen LogP contribution in [0.1, 0.15) is 54.4 Å². The molecule has 2 aromatic rings. The molecule has 0 aromatic carbocycles. The first-order valence-electron chi connectivity index (χ1n) is 9.00. The van der Waals surface area contributed by atoms with Crippen LogP contribution in [0.25, 0.3) is 0 Å². The van der Waals surface area contributed by atoms with Gasteiger partial charge in [-0.3, -0.25) is 9.78 Å². The van der Waals surface area contributed by atoms with Gasteiger partial charge in [0, 0.05) is 50.1 Å². The fourth-order valence-corrected chi connectivity index (χ4v) is 3.07. The molecule has 0 radical (unpaired) electrons. The second kappa shape index (κ2) is 8.25. The van der Waals surface area contributed by atoms with Crippen molar-refractivity contribution in [1.29, 1.82) is 0 Å². The van der Waals surface area contributed by atoms with E-state index in [9.17, 15) is 4.79 Å². The van der Waals surface area contributed by atoms with Crippen molar-refractivity contribution in [1.82, 2.24) is 20.4 Å². The highest BCUT2D eigenvalue weighted by molar-refractivity contribution is 5.92. The summed E-state index contributed by atoms with van der Waals surface area (Å²) in [6, 6.07) is 6.08. The maximum Gasteiger partial charge on any atom is 0.273 e. The summed E-state index contributed by atoms with van der Waals surface area (Å²) < 4.78 is 5.20. The van der Waals surface area contributed by atoms with Crippen LogP contribution >= 0.6 is 0 Å². The van der Waals surface area contributed by atoms with E-state index in [0.717, 1.165) is 44.7 Å². The predicted octanol–water partition coefficient (Wildman–Crippen LogP) is 2.63. The number of rotatable bonds is 6. The highest BCUT2D eigenvalue weighted by Gasteiger charge is 2.22. The van der Waals surface area contributed by atoms with Crippen molar-refractivity contribution in [3.8, 4) is 0 Å². The van der Waals surface area contributed by atoms with Gasteiger partial charge in [0.15, 0.2) is 5.69 Å². The molecule has 1 fully saturated rings. The molecule has 2 aromatic heterocycles. The quantitative estimate of drug-likeness (QED) is 0.874. The molecule has 0 unspecified atom stereocenters. The molecule has 0 atom stereocenters. The van der Waals surface area contributed by atoms with Crippen LogP contribution < -0.4 is 5.32 Å². The maximum absolute atomic E-state index is 12.3. The fraction of sp³-hybridized carbons (Fsp3) is 0.526. The minimum absolute atomic E-state index is 0.133. The zero-order valence-electron chi connectivity index (χ0n) is 14.9. The standard InChI is InChI=1S/C19H26N4O2/c1-14(2)18-13-17(22-25-18)19(24)21-16-6-11-23(12-7-16)10-5-15-3-8-20-9-4-15/h3-4,8-9,13-14,16H,5-7,10-12H2,1-2H3,(H,21,24). The van der Waals surface area contributed by atoms with E-state index < -0.39 is 0 Å². The molecule has 1 N–H and O–H groups in total. The van der Waals surface area contributed by atoms with Gasteiger partial charge >= 0.3 is 0 Å². The molecular formula is C19H26N4O2. The Morgan fingerprint density at radius 2 is 2.04 bits per heavy atom. The molecule has 25 heavy (non-hydrogen) atoms. The average Bonchev–Trinajstić information content (AvgIpc) is 3.13. The SMILES string of the molecule is CC(C)c1cc(C(=O)NC2CCN(CCc3ccncc3)CC2)no1. The molecule has 6 heteroatoms. The number of pyridine rings is 1. The van der Waals surface area contributed by atoms with E-state index in [2.05, 4.69) is 32.5 Å². The number of carbonyl (C=O) groups excluding carboxylic acids is 1. The van der Waals surface area contributed by atoms with Crippen molar-refractivity contribution in [2.24, 2.45) is 0 Å². The first-order valence-corrected chi connectivity index (χ1v) is 9.00. The Morgan fingerprint density at radius 1 is 1.32 bits per heavy atom. The largest absolute Gasteiger partial charge is 0.360 e. The molecule has 3 rings (SSSR count). The molecule has 3 heterocycles. The van der Waals surface area contributed by atoms with Gasteiger partial charge in [0.25, 0.3) is 5.91 Å². The highest BCUT2D eigenvalue weighted by atomic mass is 16.5. The molecule has 0 spiro atoms. The fourth-order valence-electron chi connectivity index (χ4n) is 3.07.